The van der Waals surface area contributed by atoms with Gasteiger partial charge in [-0.15, -0.1) is 0 Å². The molecule has 0 heterocycles. The second-order valence-electron chi connectivity index (χ2n) is 3.41. The predicted octanol–water partition coefficient (Wildman–Crippen LogP) is 2.82. The Kier molecular flexibility index (Phi) is 4.18. The Balaban J connectivity index is 2.82. The average molecular weight is 233 g/mol. The van der Waals surface area contributed by atoms with Crippen LogP contribution in [0.2, 0.25) is 0 Å². The molecule has 2 N–H and O–H groups in total. The minimum absolute atomic E-state index is 0.201. The summed E-state index contributed by atoms with van der Waals surface area (Å²) >= 11 is 0. The van der Waals surface area contributed by atoms with Gasteiger partial charge >= 0.3 is 6.18 Å². The van der Waals surface area contributed by atoms with Crippen molar-refractivity contribution in [2.24, 2.45) is 5.73 Å². The summed E-state index contributed by atoms with van der Waals surface area (Å²) in [6.07, 6.45) is -3.93. The summed E-state index contributed by atoms with van der Waals surface area (Å²) in [4.78, 5) is 0. The second-order valence-corrected chi connectivity index (χ2v) is 3.41. The molecular formula is C11H14F3NO. The van der Waals surface area contributed by atoms with Gasteiger partial charge in [-0.05, 0) is 24.6 Å². The van der Waals surface area contributed by atoms with E-state index in [0.717, 1.165) is 12.1 Å². The molecule has 5 heteroatoms. The number of halogens is 3. The Labute approximate surface area is 92.2 Å². The highest BCUT2D eigenvalue weighted by Gasteiger charge is 2.30. The van der Waals surface area contributed by atoms with Crippen LogP contribution >= 0.6 is 0 Å². The van der Waals surface area contributed by atoms with Gasteiger partial charge in [0.05, 0.1) is 5.56 Å². The molecule has 0 bridgehead atoms. The summed E-state index contributed by atoms with van der Waals surface area (Å²) in [6.45, 7) is 2.15. The molecule has 0 amide bonds. The Hall–Kier alpha value is -1.23. The minimum Gasteiger partial charge on any atom is -0.489 e. The molecule has 1 rings (SSSR count). The fraction of sp³-hybridized carbons (Fsp3) is 0.455. The van der Waals surface area contributed by atoms with Crippen LogP contribution in [0.1, 0.15) is 18.9 Å². The van der Waals surface area contributed by atoms with Gasteiger partial charge < -0.3 is 10.5 Å². The maximum absolute atomic E-state index is 12.4. The van der Waals surface area contributed by atoms with Crippen molar-refractivity contribution in [2.45, 2.75) is 25.6 Å². The zero-order chi connectivity index (χ0) is 12.2. The molecule has 1 atom stereocenters. The second kappa shape index (κ2) is 5.21. The van der Waals surface area contributed by atoms with Crippen LogP contribution in [0.5, 0.6) is 5.75 Å². The first kappa shape index (κ1) is 12.8. The van der Waals surface area contributed by atoms with E-state index in [0.29, 0.717) is 6.42 Å². The highest BCUT2D eigenvalue weighted by atomic mass is 19.4. The largest absolute Gasteiger partial charge is 0.489 e. The van der Waals surface area contributed by atoms with Crippen molar-refractivity contribution >= 4 is 0 Å². The summed E-state index contributed by atoms with van der Waals surface area (Å²) < 4.78 is 42.5. The summed E-state index contributed by atoms with van der Waals surface area (Å²) in [5, 5.41) is 0. The zero-order valence-electron chi connectivity index (χ0n) is 8.92. The van der Waals surface area contributed by atoms with E-state index < -0.39 is 11.7 Å². The molecule has 16 heavy (non-hydrogen) atoms. The minimum atomic E-state index is -4.34. The van der Waals surface area contributed by atoms with Gasteiger partial charge in [0.2, 0.25) is 0 Å². The standard InChI is InChI=1S/C11H14F3NO/c1-2-9(7-15)16-10-5-3-4-8(6-10)11(12,13)14/h3-6,9H,2,7,15H2,1H3/t9-/m0/s1. The van der Waals surface area contributed by atoms with E-state index in [1.54, 1.807) is 0 Å². The van der Waals surface area contributed by atoms with Crippen LogP contribution in [-0.4, -0.2) is 12.6 Å². The van der Waals surface area contributed by atoms with Gasteiger partial charge in [0.15, 0.2) is 0 Å². The van der Waals surface area contributed by atoms with E-state index >= 15 is 0 Å². The van der Waals surface area contributed by atoms with Crippen molar-refractivity contribution in [1.82, 2.24) is 0 Å². The lowest BCUT2D eigenvalue weighted by Gasteiger charge is -2.16. The van der Waals surface area contributed by atoms with Crippen LogP contribution in [0.25, 0.3) is 0 Å². The van der Waals surface area contributed by atoms with Crippen molar-refractivity contribution in [3.05, 3.63) is 29.8 Å². The summed E-state index contributed by atoms with van der Waals surface area (Å²) in [5.74, 6) is 0.201. The number of nitrogens with two attached hydrogens (primary N) is 1. The van der Waals surface area contributed by atoms with E-state index in [1.807, 2.05) is 6.92 Å². The highest BCUT2D eigenvalue weighted by Crippen LogP contribution is 2.31. The van der Waals surface area contributed by atoms with Crippen LogP contribution in [0.3, 0.4) is 0 Å². The van der Waals surface area contributed by atoms with Gasteiger partial charge in [-0.2, -0.15) is 13.2 Å². The van der Waals surface area contributed by atoms with Crippen LogP contribution < -0.4 is 10.5 Å². The lowest BCUT2D eigenvalue weighted by molar-refractivity contribution is -0.137. The van der Waals surface area contributed by atoms with E-state index in [2.05, 4.69) is 0 Å². The zero-order valence-corrected chi connectivity index (χ0v) is 8.92. The number of alkyl halides is 3. The number of hydrogen-bond acceptors (Lipinski definition) is 2. The average Bonchev–Trinajstić information content (AvgIpc) is 2.25. The smallest absolute Gasteiger partial charge is 0.416 e. The molecule has 0 unspecified atom stereocenters. The van der Waals surface area contributed by atoms with E-state index in [4.69, 9.17) is 10.5 Å². The molecule has 0 saturated carbocycles. The normalized spacial score (nSPS) is 13.6. The van der Waals surface area contributed by atoms with Gasteiger partial charge in [0.25, 0.3) is 0 Å². The third-order valence-electron chi connectivity index (χ3n) is 2.18. The maximum Gasteiger partial charge on any atom is 0.416 e. The molecule has 90 valence electrons. The Morgan fingerprint density at radius 2 is 2.06 bits per heavy atom. The van der Waals surface area contributed by atoms with Crippen LogP contribution in [0.4, 0.5) is 13.2 Å². The Bertz CT molecular complexity index is 334. The van der Waals surface area contributed by atoms with Crippen molar-refractivity contribution < 1.29 is 17.9 Å². The Morgan fingerprint density at radius 1 is 1.38 bits per heavy atom. The lowest BCUT2D eigenvalue weighted by atomic mass is 10.2. The number of benzene rings is 1. The van der Waals surface area contributed by atoms with E-state index in [9.17, 15) is 13.2 Å². The predicted molar refractivity (Wildman–Crippen MR) is 55.2 cm³/mol. The number of rotatable bonds is 4. The monoisotopic (exact) mass is 233 g/mol. The Morgan fingerprint density at radius 3 is 2.56 bits per heavy atom. The van der Waals surface area contributed by atoms with Gasteiger partial charge in [-0.3, -0.25) is 0 Å². The molecule has 0 fully saturated rings. The first-order valence-corrected chi connectivity index (χ1v) is 5.01. The molecule has 0 aliphatic carbocycles. The fourth-order valence-corrected chi connectivity index (χ4v) is 1.24. The van der Waals surface area contributed by atoms with Gasteiger partial charge in [-0.25, -0.2) is 0 Å². The van der Waals surface area contributed by atoms with Crippen LogP contribution in [0.15, 0.2) is 24.3 Å². The molecule has 0 saturated heterocycles. The van der Waals surface area contributed by atoms with Gasteiger partial charge in [-0.1, -0.05) is 13.0 Å². The van der Waals surface area contributed by atoms with Gasteiger partial charge in [0, 0.05) is 6.54 Å². The number of hydrogen-bond donors (Lipinski definition) is 1. The topological polar surface area (TPSA) is 35.2 Å². The van der Waals surface area contributed by atoms with Crippen molar-refractivity contribution in [1.29, 1.82) is 0 Å². The molecule has 0 radical (unpaired) electrons. The third kappa shape index (κ3) is 3.41. The van der Waals surface area contributed by atoms with Crippen molar-refractivity contribution in [2.75, 3.05) is 6.54 Å². The molecule has 1 aromatic rings. The molecule has 0 aliphatic heterocycles. The molecule has 0 aliphatic rings. The van der Waals surface area contributed by atoms with Crippen LogP contribution in [0, 0.1) is 0 Å². The third-order valence-corrected chi connectivity index (χ3v) is 2.18. The summed E-state index contributed by atoms with van der Waals surface area (Å²) in [5.41, 5.74) is 4.70. The molecule has 2 nitrogen and oxygen atoms in total. The summed E-state index contributed by atoms with van der Waals surface area (Å²) in [7, 11) is 0. The highest BCUT2D eigenvalue weighted by molar-refractivity contribution is 5.30. The van der Waals surface area contributed by atoms with Crippen LogP contribution in [-0.2, 0) is 6.18 Å². The van der Waals surface area contributed by atoms with Crippen molar-refractivity contribution in [3.63, 3.8) is 0 Å². The first-order chi connectivity index (χ1) is 7.47. The number of ether oxygens (including phenoxy) is 1. The molecule has 0 spiro atoms. The molecule has 1 aromatic carbocycles. The molecule has 0 aromatic heterocycles. The first-order valence-electron chi connectivity index (χ1n) is 5.01. The SMILES string of the molecule is CC[C@@H](CN)Oc1cccc(C(F)(F)F)c1. The molecular weight excluding hydrogens is 219 g/mol. The van der Waals surface area contributed by atoms with E-state index in [-0.39, 0.29) is 18.4 Å². The quantitative estimate of drug-likeness (QED) is 0.867. The van der Waals surface area contributed by atoms with Gasteiger partial charge in [0.1, 0.15) is 11.9 Å². The maximum atomic E-state index is 12.4. The lowest BCUT2D eigenvalue weighted by Crippen LogP contribution is -2.25. The van der Waals surface area contributed by atoms with Crippen molar-refractivity contribution in [3.8, 4) is 5.75 Å². The van der Waals surface area contributed by atoms with E-state index in [1.165, 1.54) is 12.1 Å². The summed E-state index contributed by atoms with van der Waals surface area (Å²) in [6, 6.07) is 4.81. The fourth-order valence-electron chi connectivity index (χ4n) is 1.24.